The zero-order valence-electron chi connectivity index (χ0n) is 15.4. The normalized spacial score (nSPS) is 10.9. The van der Waals surface area contributed by atoms with E-state index in [1.807, 2.05) is 13.8 Å². The summed E-state index contributed by atoms with van der Waals surface area (Å²) in [6.45, 7) is 3.82. The Morgan fingerprint density at radius 2 is 1.96 bits per heavy atom. The average Bonchev–Trinajstić information content (AvgIpc) is 3.05. The Labute approximate surface area is 155 Å². The summed E-state index contributed by atoms with van der Waals surface area (Å²) in [6, 6.07) is 5.73. The van der Waals surface area contributed by atoms with Crippen LogP contribution in [0.5, 0.6) is 0 Å². The number of anilines is 2. The van der Waals surface area contributed by atoms with Gasteiger partial charge in [-0.3, -0.25) is 5.32 Å². The van der Waals surface area contributed by atoms with Gasteiger partial charge in [-0.25, -0.2) is 23.8 Å². The predicted octanol–water partition coefficient (Wildman–Crippen LogP) is 3.06. The van der Waals surface area contributed by atoms with E-state index in [1.165, 1.54) is 30.3 Å². The van der Waals surface area contributed by atoms with Crippen molar-refractivity contribution in [2.24, 2.45) is 7.05 Å². The highest BCUT2D eigenvalue weighted by molar-refractivity contribution is 5.97. The van der Waals surface area contributed by atoms with Crippen LogP contribution >= 0.6 is 0 Å². The molecule has 1 aromatic carbocycles. The fraction of sp³-hybridized carbons (Fsp3) is 0.278. The number of hydrogen-bond acceptors (Lipinski definition) is 7. The van der Waals surface area contributed by atoms with Crippen LogP contribution in [0, 0.1) is 5.82 Å². The Morgan fingerprint density at radius 3 is 2.52 bits per heavy atom. The number of nitrogens with one attached hydrogen (secondary N) is 1. The van der Waals surface area contributed by atoms with Crippen molar-refractivity contribution in [2.75, 3.05) is 12.4 Å². The van der Waals surface area contributed by atoms with E-state index in [9.17, 15) is 9.18 Å². The largest absolute Gasteiger partial charge is 0.465 e. The number of esters is 1. The number of carbonyl (C=O) groups is 1. The van der Waals surface area contributed by atoms with Gasteiger partial charge in [0.25, 0.3) is 0 Å². The summed E-state index contributed by atoms with van der Waals surface area (Å²) < 4.78 is 19.8. The van der Waals surface area contributed by atoms with Crippen LogP contribution < -0.4 is 5.32 Å². The van der Waals surface area contributed by atoms with Crippen LogP contribution in [0.1, 0.15) is 35.8 Å². The maximum Gasteiger partial charge on any atom is 0.341 e. The van der Waals surface area contributed by atoms with Crippen LogP contribution in [0.25, 0.3) is 11.3 Å². The third-order valence-corrected chi connectivity index (χ3v) is 3.93. The number of rotatable bonds is 5. The van der Waals surface area contributed by atoms with Crippen molar-refractivity contribution in [1.29, 1.82) is 0 Å². The Bertz CT molecular complexity index is 968. The molecule has 0 aliphatic rings. The summed E-state index contributed by atoms with van der Waals surface area (Å²) in [5, 5.41) is 6.99. The summed E-state index contributed by atoms with van der Waals surface area (Å²) in [5.74, 6) is -0.319. The van der Waals surface area contributed by atoms with Crippen molar-refractivity contribution in [1.82, 2.24) is 24.7 Å². The van der Waals surface area contributed by atoms with Gasteiger partial charge in [0.1, 0.15) is 17.7 Å². The van der Waals surface area contributed by atoms with Gasteiger partial charge in [0.05, 0.1) is 18.5 Å². The van der Waals surface area contributed by atoms with Gasteiger partial charge in [-0.15, -0.1) is 0 Å². The molecule has 0 fully saturated rings. The lowest BCUT2D eigenvalue weighted by Crippen LogP contribution is -2.15. The number of hydrogen-bond donors (Lipinski definition) is 1. The molecule has 0 unspecified atom stereocenters. The summed E-state index contributed by atoms with van der Waals surface area (Å²) in [5.41, 5.74) is 1.69. The molecule has 0 bridgehead atoms. The second kappa shape index (κ2) is 7.48. The van der Waals surface area contributed by atoms with Gasteiger partial charge in [-0.2, -0.15) is 10.1 Å². The van der Waals surface area contributed by atoms with Crippen LogP contribution in [-0.4, -0.2) is 37.8 Å². The minimum absolute atomic E-state index is 0.0821. The molecule has 0 amide bonds. The number of nitrogens with zero attached hydrogens (tertiary/aromatic N) is 5. The quantitative estimate of drug-likeness (QED) is 0.688. The molecule has 0 aliphatic carbocycles. The molecule has 2 aromatic heterocycles. The fourth-order valence-electron chi connectivity index (χ4n) is 2.58. The van der Waals surface area contributed by atoms with Gasteiger partial charge in [0.15, 0.2) is 0 Å². The van der Waals surface area contributed by atoms with E-state index in [0.29, 0.717) is 22.9 Å². The van der Waals surface area contributed by atoms with E-state index in [1.54, 1.807) is 19.2 Å². The first-order chi connectivity index (χ1) is 12.9. The standard InChI is InChI=1S/C18H19FN6O2/c1-10(2)14-13(16(26)27-4)15(11-5-7-12(19)8-6-11)23-17(22-14)24-18-20-9-21-25(18)3/h5-10H,1-4H3,(H,20,21,22,23,24)/i17+2. The summed E-state index contributed by atoms with van der Waals surface area (Å²) in [7, 11) is 3.02. The molecular weight excluding hydrogens is 353 g/mol. The number of benzene rings is 1. The third-order valence-electron chi connectivity index (χ3n) is 3.93. The average molecular weight is 372 g/mol. The summed E-state index contributed by atoms with van der Waals surface area (Å²) in [6.07, 6.45) is 1.40. The van der Waals surface area contributed by atoms with Crippen LogP contribution in [0.3, 0.4) is 0 Å². The second-order valence-corrected chi connectivity index (χ2v) is 6.14. The minimum Gasteiger partial charge on any atom is -0.465 e. The van der Waals surface area contributed by atoms with E-state index >= 15 is 0 Å². The lowest BCUT2D eigenvalue weighted by Gasteiger charge is -2.16. The van der Waals surface area contributed by atoms with Crippen molar-refractivity contribution in [3.63, 3.8) is 0 Å². The smallest absolute Gasteiger partial charge is 0.341 e. The molecule has 2 heterocycles. The van der Waals surface area contributed by atoms with Crippen molar-refractivity contribution in [2.45, 2.75) is 19.8 Å². The van der Waals surface area contributed by atoms with Crippen LogP contribution in [0.15, 0.2) is 30.6 Å². The molecule has 9 heteroatoms. The third kappa shape index (κ3) is 3.76. The molecule has 140 valence electrons. The highest BCUT2D eigenvalue weighted by Gasteiger charge is 2.25. The number of methoxy groups -OCH3 is 1. The molecule has 1 N–H and O–H groups in total. The number of ether oxygens (including phenoxy) is 1. The monoisotopic (exact) mass is 372 g/mol. The van der Waals surface area contributed by atoms with Gasteiger partial charge < -0.3 is 4.74 Å². The molecule has 3 rings (SSSR count). The Morgan fingerprint density at radius 1 is 1.26 bits per heavy atom. The molecule has 8 nitrogen and oxygen atoms in total. The molecule has 0 saturated heterocycles. The molecule has 0 saturated carbocycles. The lowest BCUT2D eigenvalue weighted by atomic mass is 9.99. The summed E-state index contributed by atoms with van der Waals surface area (Å²) >= 11 is 0. The Balaban J connectivity index is 2.21. The Kier molecular flexibility index (Phi) is 5.11. The van der Waals surface area contributed by atoms with Crippen LogP contribution in [0.2, 0.25) is 0 Å². The van der Waals surface area contributed by atoms with E-state index in [-0.39, 0.29) is 23.2 Å². The number of carbonyl (C=O) groups excluding carboxylic acids is 1. The van der Waals surface area contributed by atoms with E-state index in [4.69, 9.17) is 4.74 Å². The van der Waals surface area contributed by atoms with Crippen molar-refractivity contribution in [3.8, 4) is 11.3 Å². The minimum atomic E-state index is -0.553. The molecule has 0 spiro atoms. The fourth-order valence-corrected chi connectivity index (χ4v) is 2.58. The van der Waals surface area contributed by atoms with Gasteiger partial charge in [0.2, 0.25) is 11.9 Å². The molecule has 0 atom stereocenters. The molecule has 3 aromatic rings. The topological polar surface area (TPSA) is 94.8 Å². The predicted molar refractivity (Wildman–Crippen MR) is 97.1 cm³/mol. The molecule has 27 heavy (non-hydrogen) atoms. The van der Waals surface area contributed by atoms with Gasteiger partial charge in [-0.05, 0) is 30.2 Å². The van der Waals surface area contributed by atoms with Crippen molar-refractivity contribution in [3.05, 3.63) is 47.7 Å². The van der Waals surface area contributed by atoms with Gasteiger partial charge >= 0.3 is 5.97 Å². The van der Waals surface area contributed by atoms with E-state index in [0.717, 1.165) is 0 Å². The SMILES string of the molecule is COC(=O)c1c(-c2ccc(F)cc2)n[14c](Nc2ncnn2C)nc1C(C)C. The zero-order valence-corrected chi connectivity index (χ0v) is 15.4. The zero-order chi connectivity index (χ0) is 19.6. The highest BCUT2D eigenvalue weighted by Crippen LogP contribution is 2.30. The van der Waals surface area contributed by atoms with Gasteiger partial charge in [-0.1, -0.05) is 13.8 Å². The number of aromatic nitrogens is 5. The van der Waals surface area contributed by atoms with E-state index < -0.39 is 5.97 Å². The number of halogens is 1. The van der Waals surface area contributed by atoms with Gasteiger partial charge in [0, 0.05) is 12.6 Å². The Hall–Kier alpha value is -3.36. The van der Waals surface area contributed by atoms with E-state index in [2.05, 4.69) is 25.4 Å². The molecule has 0 aliphatic heterocycles. The van der Waals surface area contributed by atoms with Crippen molar-refractivity contribution >= 4 is 17.9 Å². The number of aryl methyl sites for hydroxylation is 1. The second-order valence-electron chi connectivity index (χ2n) is 6.14. The first-order valence-electron chi connectivity index (χ1n) is 8.28. The highest BCUT2D eigenvalue weighted by atomic mass is 19.1. The maximum atomic E-state index is 13.4. The lowest BCUT2D eigenvalue weighted by molar-refractivity contribution is 0.0599. The maximum absolute atomic E-state index is 13.4. The van der Waals surface area contributed by atoms with Crippen molar-refractivity contribution < 1.29 is 13.9 Å². The molecule has 0 radical (unpaired) electrons. The first-order valence-corrected chi connectivity index (χ1v) is 8.28. The van der Waals surface area contributed by atoms with Crippen LogP contribution in [0.4, 0.5) is 16.3 Å². The van der Waals surface area contributed by atoms with Crippen LogP contribution in [-0.2, 0) is 11.8 Å². The first kappa shape index (κ1) is 18.4. The summed E-state index contributed by atoms with van der Waals surface area (Å²) in [4.78, 5) is 25.5. The molecular formula is C18H19FN6O2.